The molecule has 0 unspecified atom stereocenters. The van der Waals surface area contributed by atoms with E-state index in [1.165, 1.54) is 24.3 Å². The van der Waals surface area contributed by atoms with Crippen molar-refractivity contribution in [3.63, 3.8) is 0 Å². The van der Waals surface area contributed by atoms with E-state index in [4.69, 9.17) is 0 Å². The van der Waals surface area contributed by atoms with Crippen molar-refractivity contribution >= 4 is 17.5 Å². The molecule has 0 spiro atoms. The SMILES string of the molecule is N#CC1(C#N)[C@H](c2cccc(C(F)(F)F)c2)[C@H](C(=O)c2ccc(F)cc2)N2c3ccccc3C=C[C@@H]21. The molecule has 3 atom stereocenters. The first kappa shape index (κ1) is 23.3. The number of para-hydroxylation sites is 1. The Kier molecular flexibility index (Phi) is 5.41. The number of carbonyl (C=O) groups is 1. The Morgan fingerprint density at radius 2 is 1.64 bits per heavy atom. The molecule has 1 saturated heterocycles. The Balaban J connectivity index is 1.79. The molecule has 2 aliphatic rings. The molecule has 0 N–H and O–H groups in total. The summed E-state index contributed by atoms with van der Waals surface area (Å²) in [5.74, 6) is -2.31. The van der Waals surface area contributed by atoms with Crippen LogP contribution in [0.15, 0.2) is 78.9 Å². The van der Waals surface area contributed by atoms with Gasteiger partial charge in [-0.05, 0) is 47.5 Å². The van der Waals surface area contributed by atoms with Gasteiger partial charge in [-0.15, -0.1) is 0 Å². The summed E-state index contributed by atoms with van der Waals surface area (Å²) in [4.78, 5) is 15.6. The minimum atomic E-state index is -4.66. The fourth-order valence-corrected chi connectivity index (χ4v) is 5.30. The quantitative estimate of drug-likeness (QED) is 0.329. The minimum Gasteiger partial charge on any atom is -0.351 e. The van der Waals surface area contributed by atoms with Crippen molar-refractivity contribution in [3.05, 3.63) is 107 Å². The molecule has 5 rings (SSSR count). The summed E-state index contributed by atoms with van der Waals surface area (Å²) in [6.07, 6.45) is -1.27. The molecule has 0 bridgehead atoms. The van der Waals surface area contributed by atoms with Gasteiger partial charge in [-0.3, -0.25) is 4.79 Å². The lowest BCUT2D eigenvalue weighted by molar-refractivity contribution is -0.137. The third-order valence-electron chi connectivity index (χ3n) is 6.89. The van der Waals surface area contributed by atoms with Crippen molar-refractivity contribution in [3.8, 4) is 12.1 Å². The number of halogens is 4. The highest BCUT2D eigenvalue weighted by Crippen LogP contribution is 2.55. The van der Waals surface area contributed by atoms with Gasteiger partial charge >= 0.3 is 6.18 Å². The number of rotatable bonds is 3. The molecule has 36 heavy (non-hydrogen) atoms. The van der Waals surface area contributed by atoms with E-state index >= 15 is 0 Å². The molecule has 178 valence electrons. The molecule has 3 aromatic carbocycles. The Morgan fingerprint density at radius 1 is 0.944 bits per heavy atom. The summed E-state index contributed by atoms with van der Waals surface area (Å²) in [7, 11) is 0. The van der Waals surface area contributed by atoms with E-state index in [2.05, 4.69) is 12.1 Å². The van der Waals surface area contributed by atoms with Crippen LogP contribution in [0.5, 0.6) is 0 Å². The third kappa shape index (κ3) is 3.46. The molecule has 4 nitrogen and oxygen atoms in total. The zero-order valence-electron chi connectivity index (χ0n) is 18.6. The predicted molar refractivity (Wildman–Crippen MR) is 124 cm³/mol. The van der Waals surface area contributed by atoms with E-state index in [-0.39, 0.29) is 11.1 Å². The number of hydrogen-bond donors (Lipinski definition) is 0. The van der Waals surface area contributed by atoms with Gasteiger partial charge in [0.2, 0.25) is 0 Å². The van der Waals surface area contributed by atoms with E-state index < -0.39 is 46.8 Å². The highest BCUT2D eigenvalue weighted by atomic mass is 19.4. The number of benzene rings is 3. The van der Waals surface area contributed by atoms with Crippen LogP contribution in [-0.4, -0.2) is 17.9 Å². The van der Waals surface area contributed by atoms with Gasteiger partial charge in [0.15, 0.2) is 11.2 Å². The number of alkyl halides is 3. The summed E-state index contributed by atoms with van der Waals surface area (Å²) in [5, 5.41) is 20.7. The molecule has 0 radical (unpaired) electrons. The van der Waals surface area contributed by atoms with Crippen molar-refractivity contribution in [2.24, 2.45) is 5.41 Å². The molecule has 0 saturated carbocycles. The maximum absolute atomic E-state index is 14.0. The zero-order valence-corrected chi connectivity index (χ0v) is 18.6. The highest BCUT2D eigenvalue weighted by molar-refractivity contribution is 6.04. The Morgan fingerprint density at radius 3 is 2.31 bits per heavy atom. The summed E-state index contributed by atoms with van der Waals surface area (Å²) in [6, 6.07) is 18.3. The van der Waals surface area contributed by atoms with Gasteiger partial charge < -0.3 is 4.90 Å². The van der Waals surface area contributed by atoms with E-state index in [1.54, 1.807) is 41.3 Å². The van der Waals surface area contributed by atoms with Gasteiger partial charge in [0.05, 0.1) is 23.7 Å². The second kappa shape index (κ2) is 8.35. The molecule has 2 heterocycles. The molecule has 0 aliphatic carbocycles. The number of ketones is 1. The monoisotopic (exact) mass is 487 g/mol. The van der Waals surface area contributed by atoms with Gasteiger partial charge in [0.25, 0.3) is 0 Å². The van der Waals surface area contributed by atoms with Crippen LogP contribution in [0.4, 0.5) is 23.2 Å². The molecule has 3 aromatic rings. The lowest BCUT2D eigenvalue weighted by Crippen LogP contribution is -2.44. The number of hydrogen-bond acceptors (Lipinski definition) is 4. The van der Waals surface area contributed by atoms with Crippen LogP contribution in [0, 0.1) is 33.9 Å². The molecular weight excluding hydrogens is 470 g/mol. The Hall–Kier alpha value is -4.43. The Labute approximate surface area is 204 Å². The topological polar surface area (TPSA) is 67.9 Å². The van der Waals surface area contributed by atoms with Gasteiger partial charge in [0, 0.05) is 17.2 Å². The van der Waals surface area contributed by atoms with Crippen LogP contribution in [0.1, 0.15) is 33.0 Å². The number of fused-ring (bicyclic) bond motifs is 3. The van der Waals surface area contributed by atoms with E-state index in [1.807, 2.05) is 0 Å². The summed E-state index contributed by atoms with van der Waals surface area (Å²) < 4.78 is 54.4. The van der Waals surface area contributed by atoms with Crippen LogP contribution >= 0.6 is 0 Å². The first-order valence-corrected chi connectivity index (χ1v) is 11.1. The molecule has 0 aromatic heterocycles. The van der Waals surface area contributed by atoms with Crippen molar-refractivity contribution in [2.75, 3.05) is 4.90 Å². The number of carbonyl (C=O) groups excluding carboxylic acids is 1. The minimum absolute atomic E-state index is 0.0497. The van der Waals surface area contributed by atoms with E-state index in [0.29, 0.717) is 5.69 Å². The average Bonchev–Trinajstić information content (AvgIpc) is 3.19. The number of nitrogens with zero attached hydrogens (tertiary/aromatic N) is 3. The van der Waals surface area contributed by atoms with E-state index in [0.717, 1.165) is 29.8 Å². The average molecular weight is 487 g/mol. The van der Waals surface area contributed by atoms with Crippen LogP contribution in [0.25, 0.3) is 6.08 Å². The standard InChI is InChI=1S/C28H17F4N3O/c29-21-11-8-18(9-12-21)26(36)25-24(19-5-3-6-20(14-19)28(30,31)32)27(15-33,16-34)23-13-10-17-4-1-2-7-22(17)35(23)25/h1-14,23-25H/t23-,24-,25-/m1/s1. The highest BCUT2D eigenvalue weighted by Gasteiger charge is 2.63. The maximum Gasteiger partial charge on any atom is 0.416 e. The molecule has 0 amide bonds. The number of anilines is 1. The van der Waals surface area contributed by atoms with E-state index in [9.17, 15) is 32.9 Å². The molecule has 2 aliphatic heterocycles. The van der Waals surface area contributed by atoms with Gasteiger partial charge in [0.1, 0.15) is 11.9 Å². The number of nitriles is 2. The summed E-state index contributed by atoms with van der Waals surface area (Å²) >= 11 is 0. The second-order valence-electron chi connectivity index (χ2n) is 8.78. The van der Waals surface area contributed by atoms with Crippen LogP contribution < -0.4 is 4.90 Å². The molecule has 8 heteroatoms. The van der Waals surface area contributed by atoms with Gasteiger partial charge in [-0.2, -0.15) is 23.7 Å². The zero-order chi connectivity index (χ0) is 25.7. The molecular formula is C28H17F4N3O. The normalized spacial score (nSPS) is 21.7. The smallest absolute Gasteiger partial charge is 0.351 e. The fraction of sp³-hybridized carbons (Fsp3) is 0.179. The van der Waals surface area contributed by atoms with Gasteiger partial charge in [-0.25, -0.2) is 4.39 Å². The summed E-state index contributed by atoms with van der Waals surface area (Å²) in [6.45, 7) is 0. The predicted octanol–water partition coefficient (Wildman–Crippen LogP) is 6.13. The van der Waals surface area contributed by atoms with Crippen molar-refractivity contribution in [2.45, 2.75) is 24.2 Å². The van der Waals surface area contributed by atoms with Gasteiger partial charge in [-0.1, -0.05) is 48.6 Å². The lowest BCUT2D eigenvalue weighted by atomic mass is 9.69. The largest absolute Gasteiger partial charge is 0.416 e. The van der Waals surface area contributed by atoms with Crippen LogP contribution in [0.3, 0.4) is 0 Å². The van der Waals surface area contributed by atoms with Crippen LogP contribution in [0.2, 0.25) is 0 Å². The first-order chi connectivity index (χ1) is 17.2. The lowest BCUT2D eigenvalue weighted by Gasteiger charge is -2.35. The van der Waals surface area contributed by atoms with Crippen molar-refractivity contribution < 1.29 is 22.4 Å². The van der Waals surface area contributed by atoms with Crippen molar-refractivity contribution in [1.29, 1.82) is 10.5 Å². The second-order valence-corrected chi connectivity index (χ2v) is 8.78. The third-order valence-corrected chi connectivity index (χ3v) is 6.89. The fourth-order valence-electron chi connectivity index (χ4n) is 5.30. The number of Topliss-reactive ketones (excluding diaryl/α,β-unsaturated/α-hetero) is 1. The van der Waals surface area contributed by atoms with Crippen LogP contribution in [-0.2, 0) is 6.18 Å². The first-order valence-electron chi connectivity index (χ1n) is 11.1. The molecule has 1 fully saturated rings. The Bertz CT molecular complexity index is 1450. The van der Waals surface area contributed by atoms with Crippen molar-refractivity contribution in [1.82, 2.24) is 0 Å². The summed E-state index contributed by atoms with van der Waals surface area (Å²) in [5.41, 5.74) is -1.34. The maximum atomic E-state index is 14.0.